The third-order valence-electron chi connectivity index (χ3n) is 8.37. The highest BCUT2D eigenvalue weighted by Crippen LogP contribution is 2.35. The number of methoxy groups -OCH3 is 1. The number of nitrogens with two attached hydrogens (primary N) is 1. The van der Waals surface area contributed by atoms with Crippen LogP contribution in [0.1, 0.15) is 97.5 Å². The number of rotatable bonds is 17. The number of esters is 1. The molecule has 2 rings (SSSR count). The van der Waals surface area contributed by atoms with E-state index in [2.05, 4.69) is 26.6 Å². The quantitative estimate of drug-likeness (QED) is 0.106. The van der Waals surface area contributed by atoms with Crippen molar-refractivity contribution in [3.63, 3.8) is 0 Å². The fraction of sp³-hybridized carbons (Fsp3) is 0.556. The van der Waals surface area contributed by atoms with E-state index in [-0.39, 0.29) is 52.2 Å². The molecular weight excluding hydrogens is 660 g/mol. The first-order chi connectivity index (χ1) is 23.4. The van der Waals surface area contributed by atoms with E-state index in [0.29, 0.717) is 12.0 Å². The molecule has 4 atom stereocenters. The lowest BCUT2D eigenvalue weighted by atomic mass is 9.94. The highest BCUT2D eigenvalue weighted by Gasteiger charge is 2.32. The fourth-order valence-electron chi connectivity index (χ4n) is 5.24. The van der Waals surface area contributed by atoms with Crippen molar-refractivity contribution in [1.82, 2.24) is 21.3 Å². The van der Waals surface area contributed by atoms with Gasteiger partial charge in [-0.15, -0.1) is 11.3 Å². The third kappa shape index (κ3) is 11.1. The standard InChI is InChI=1S/C36H54N6O7S/c1-11-24(23-14-12-13-21(8)17-23)30(43)42-35-25(36(48)49-10)22(9)29(50-35)34(47)39-16-15-38-32(45)27(19(4)5)41-33(46)28(20(6)7)40-31(44)26(37)18(2)3/h12-14,17-20,24,26-28H,11,15-16,37H2,1-10H3,(H,38,45)(H,39,47)(H,40,44)(H,41,46)(H,42,43). The number of aryl methyl sites for hydroxylation is 1. The van der Waals surface area contributed by atoms with E-state index >= 15 is 0 Å². The molecule has 0 spiro atoms. The van der Waals surface area contributed by atoms with Gasteiger partial charge in [0.05, 0.1) is 29.5 Å². The number of anilines is 1. The van der Waals surface area contributed by atoms with E-state index in [1.165, 1.54) is 7.11 Å². The van der Waals surface area contributed by atoms with Crippen molar-refractivity contribution < 1.29 is 33.5 Å². The van der Waals surface area contributed by atoms with Crippen LogP contribution in [0, 0.1) is 31.6 Å². The Morgan fingerprint density at radius 1 is 0.800 bits per heavy atom. The number of nitrogens with one attached hydrogen (secondary N) is 5. The zero-order valence-corrected chi connectivity index (χ0v) is 31.6. The minimum atomic E-state index is -0.907. The van der Waals surface area contributed by atoms with Crippen LogP contribution in [-0.2, 0) is 23.9 Å². The molecule has 4 unspecified atom stereocenters. The van der Waals surface area contributed by atoms with Crippen molar-refractivity contribution in [1.29, 1.82) is 0 Å². The molecule has 1 aromatic heterocycles. The molecule has 2 aromatic rings. The molecule has 0 aliphatic carbocycles. The van der Waals surface area contributed by atoms with Gasteiger partial charge >= 0.3 is 5.97 Å². The van der Waals surface area contributed by atoms with E-state index in [4.69, 9.17) is 10.5 Å². The van der Waals surface area contributed by atoms with E-state index in [0.717, 1.165) is 22.5 Å². The summed E-state index contributed by atoms with van der Waals surface area (Å²) in [5.41, 5.74) is 8.26. The number of thiophene rings is 1. The molecule has 50 heavy (non-hydrogen) atoms. The van der Waals surface area contributed by atoms with E-state index < -0.39 is 53.6 Å². The Hall–Kier alpha value is -4.30. The van der Waals surface area contributed by atoms with Crippen molar-refractivity contribution in [2.75, 3.05) is 25.5 Å². The maximum absolute atomic E-state index is 13.4. The lowest BCUT2D eigenvalue weighted by Gasteiger charge is -2.28. The van der Waals surface area contributed by atoms with Gasteiger partial charge in [0.15, 0.2) is 0 Å². The van der Waals surface area contributed by atoms with Gasteiger partial charge in [-0.25, -0.2) is 4.79 Å². The normalized spacial score (nSPS) is 13.6. The van der Waals surface area contributed by atoms with Crippen molar-refractivity contribution in [3.05, 3.63) is 51.4 Å². The zero-order valence-electron chi connectivity index (χ0n) is 30.8. The van der Waals surface area contributed by atoms with Gasteiger partial charge < -0.3 is 37.1 Å². The molecule has 0 aliphatic rings. The summed E-state index contributed by atoms with van der Waals surface area (Å²) in [5.74, 6) is -4.05. The number of carbonyl (C=O) groups is 6. The smallest absolute Gasteiger partial charge is 0.341 e. The SMILES string of the molecule is CCC(C(=O)Nc1sc(C(=O)NCCNC(=O)C(NC(=O)C(NC(=O)C(N)C(C)C)C(C)C)C(C)C)c(C)c1C(=O)OC)c1cccc(C)c1. The van der Waals surface area contributed by atoms with E-state index in [1.807, 2.05) is 52.0 Å². The monoisotopic (exact) mass is 714 g/mol. The van der Waals surface area contributed by atoms with Crippen LogP contribution in [0.5, 0.6) is 0 Å². The van der Waals surface area contributed by atoms with Gasteiger partial charge in [0.1, 0.15) is 17.1 Å². The summed E-state index contributed by atoms with van der Waals surface area (Å²) in [5, 5.41) is 14.0. The first kappa shape index (κ1) is 41.9. The van der Waals surface area contributed by atoms with Gasteiger partial charge in [0.25, 0.3) is 5.91 Å². The number of hydrogen-bond acceptors (Lipinski definition) is 9. The van der Waals surface area contributed by atoms with Gasteiger partial charge in [-0.2, -0.15) is 0 Å². The first-order valence-electron chi connectivity index (χ1n) is 17.0. The Kier molecular flexibility index (Phi) is 16.1. The summed E-state index contributed by atoms with van der Waals surface area (Å²) in [6.45, 7) is 16.3. The Morgan fingerprint density at radius 2 is 1.38 bits per heavy atom. The van der Waals surface area contributed by atoms with Crippen LogP contribution in [0.25, 0.3) is 0 Å². The molecule has 14 heteroatoms. The number of benzene rings is 1. The summed E-state index contributed by atoms with van der Waals surface area (Å²) in [6.07, 6.45) is 0.523. The molecular formula is C36H54N6O7S. The van der Waals surface area contributed by atoms with Crippen LogP contribution in [0.2, 0.25) is 0 Å². The van der Waals surface area contributed by atoms with E-state index in [9.17, 15) is 28.8 Å². The molecule has 276 valence electrons. The van der Waals surface area contributed by atoms with Crippen LogP contribution in [-0.4, -0.2) is 73.8 Å². The molecule has 0 bridgehead atoms. The first-order valence-corrected chi connectivity index (χ1v) is 17.8. The molecule has 1 aromatic carbocycles. The van der Waals surface area contributed by atoms with Gasteiger partial charge in [-0.05, 0) is 49.1 Å². The van der Waals surface area contributed by atoms with Gasteiger partial charge in [-0.1, -0.05) is 78.3 Å². The summed E-state index contributed by atoms with van der Waals surface area (Å²) in [4.78, 5) is 78.4. The number of hydrogen-bond donors (Lipinski definition) is 6. The number of carbonyl (C=O) groups excluding carboxylic acids is 6. The predicted octanol–water partition coefficient (Wildman–Crippen LogP) is 3.39. The predicted molar refractivity (Wildman–Crippen MR) is 195 cm³/mol. The van der Waals surface area contributed by atoms with Crippen LogP contribution in [0.3, 0.4) is 0 Å². The lowest BCUT2D eigenvalue weighted by molar-refractivity contribution is -0.134. The van der Waals surface area contributed by atoms with Crippen LogP contribution in [0.15, 0.2) is 24.3 Å². The second kappa shape index (κ2) is 19.2. The van der Waals surface area contributed by atoms with Crippen molar-refractivity contribution in [2.24, 2.45) is 23.5 Å². The minimum Gasteiger partial charge on any atom is -0.465 e. The molecule has 0 saturated heterocycles. The fourth-order valence-corrected chi connectivity index (χ4v) is 6.36. The molecule has 0 aliphatic heterocycles. The molecule has 5 amide bonds. The molecule has 1 heterocycles. The Morgan fingerprint density at radius 3 is 1.92 bits per heavy atom. The topological polar surface area (TPSA) is 198 Å². The Bertz CT molecular complexity index is 1540. The van der Waals surface area contributed by atoms with Crippen LogP contribution in [0.4, 0.5) is 5.00 Å². The van der Waals surface area contributed by atoms with Gasteiger partial charge in [0.2, 0.25) is 23.6 Å². The Balaban J connectivity index is 2.10. The maximum Gasteiger partial charge on any atom is 0.341 e. The van der Waals surface area contributed by atoms with E-state index in [1.54, 1.807) is 34.6 Å². The molecule has 0 fully saturated rings. The lowest BCUT2D eigenvalue weighted by Crippen LogP contribution is -2.59. The van der Waals surface area contributed by atoms with Gasteiger partial charge in [-0.3, -0.25) is 24.0 Å². The molecule has 0 saturated carbocycles. The average Bonchev–Trinajstić information content (AvgIpc) is 3.38. The van der Waals surface area contributed by atoms with Gasteiger partial charge in [0, 0.05) is 13.1 Å². The molecule has 7 N–H and O–H groups in total. The summed E-state index contributed by atoms with van der Waals surface area (Å²) in [6, 6.07) is 5.07. The summed E-state index contributed by atoms with van der Waals surface area (Å²) in [7, 11) is 1.23. The third-order valence-corrected chi connectivity index (χ3v) is 9.58. The van der Waals surface area contributed by atoms with Crippen molar-refractivity contribution in [2.45, 2.75) is 92.8 Å². The molecule has 13 nitrogen and oxygen atoms in total. The second-order valence-electron chi connectivity index (χ2n) is 13.4. The van der Waals surface area contributed by atoms with Crippen LogP contribution >= 0.6 is 11.3 Å². The summed E-state index contributed by atoms with van der Waals surface area (Å²) >= 11 is 0.967. The zero-order chi connectivity index (χ0) is 37.9. The highest BCUT2D eigenvalue weighted by atomic mass is 32.1. The summed E-state index contributed by atoms with van der Waals surface area (Å²) < 4.78 is 4.96. The maximum atomic E-state index is 13.4. The number of amides is 5. The largest absolute Gasteiger partial charge is 0.465 e. The van der Waals surface area contributed by atoms with Crippen molar-refractivity contribution in [3.8, 4) is 0 Å². The highest BCUT2D eigenvalue weighted by molar-refractivity contribution is 7.18. The molecule has 0 radical (unpaired) electrons. The average molecular weight is 715 g/mol. The second-order valence-corrected chi connectivity index (χ2v) is 14.4. The van der Waals surface area contributed by atoms with Crippen LogP contribution < -0.4 is 32.3 Å². The minimum absolute atomic E-state index is 0.0406. The van der Waals surface area contributed by atoms with Crippen molar-refractivity contribution >= 4 is 51.8 Å². The Labute approximate surface area is 299 Å². The number of ether oxygens (including phenoxy) is 1.